The fourth-order valence-corrected chi connectivity index (χ4v) is 2.21. The van der Waals surface area contributed by atoms with Gasteiger partial charge in [-0.05, 0) is 31.1 Å². The van der Waals surface area contributed by atoms with Gasteiger partial charge in [-0.1, -0.05) is 26.8 Å². The van der Waals surface area contributed by atoms with Gasteiger partial charge in [0, 0.05) is 19.4 Å². The number of nitrogens with one attached hydrogen (secondary N) is 1. The minimum atomic E-state index is 0.374. The van der Waals surface area contributed by atoms with Crippen molar-refractivity contribution in [2.45, 2.75) is 40.5 Å². The van der Waals surface area contributed by atoms with Crippen LogP contribution in [0.25, 0.3) is 0 Å². The predicted octanol–water partition coefficient (Wildman–Crippen LogP) is 2.77. The third kappa shape index (κ3) is 7.97. The van der Waals surface area contributed by atoms with Crippen molar-refractivity contribution >= 4 is 6.29 Å². The second-order valence-corrected chi connectivity index (χ2v) is 5.34. The Morgan fingerprint density at radius 3 is 2.59 bits per heavy atom. The van der Waals surface area contributed by atoms with Crippen molar-refractivity contribution in [2.75, 3.05) is 20.3 Å². The van der Waals surface area contributed by atoms with E-state index in [2.05, 4.69) is 36.9 Å². The highest BCUT2D eigenvalue weighted by Gasteiger charge is 2.26. The molecular formula is C14H27NO2. The number of ether oxygens (including phenoxy) is 1. The van der Waals surface area contributed by atoms with Crippen LogP contribution in [0.2, 0.25) is 0 Å². The van der Waals surface area contributed by atoms with E-state index in [4.69, 9.17) is 0 Å². The molecule has 0 heterocycles. The number of hydrogen-bond donors (Lipinski definition) is 1. The second kappa shape index (κ2) is 8.29. The van der Waals surface area contributed by atoms with Crippen molar-refractivity contribution in [3.63, 3.8) is 0 Å². The lowest BCUT2D eigenvalue weighted by Gasteiger charge is -2.33. The summed E-state index contributed by atoms with van der Waals surface area (Å²) in [5, 5.41) is 3.15. The van der Waals surface area contributed by atoms with Gasteiger partial charge in [-0.2, -0.15) is 0 Å². The Hall–Kier alpha value is -0.830. The normalized spacial score (nSPS) is 21.9. The molecule has 0 saturated heterocycles. The van der Waals surface area contributed by atoms with E-state index >= 15 is 0 Å². The number of methoxy groups -OCH3 is 1. The zero-order valence-electron chi connectivity index (χ0n) is 11.9. The summed E-state index contributed by atoms with van der Waals surface area (Å²) in [7, 11) is 1.68. The summed E-state index contributed by atoms with van der Waals surface area (Å²) >= 11 is 0. The molecule has 1 atom stereocenters. The third-order valence-electron chi connectivity index (χ3n) is 2.73. The summed E-state index contributed by atoms with van der Waals surface area (Å²) in [4.78, 5) is 10.2. The topological polar surface area (TPSA) is 38.3 Å². The molecule has 1 N–H and O–H groups in total. The Kier molecular flexibility index (Phi) is 7.88. The first kappa shape index (κ1) is 16.2. The summed E-state index contributed by atoms with van der Waals surface area (Å²) in [5.74, 6) is 0.623. The molecule has 0 aromatic carbocycles. The molecule has 17 heavy (non-hydrogen) atoms. The highest BCUT2D eigenvalue weighted by atomic mass is 16.5. The molecule has 0 aromatic heterocycles. The summed E-state index contributed by atoms with van der Waals surface area (Å²) in [6.07, 6.45) is 5.45. The Bertz CT molecular complexity index is 245. The molecule has 1 aliphatic rings. The molecule has 0 aliphatic heterocycles. The average molecular weight is 241 g/mol. The molecule has 0 fully saturated rings. The maximum Gasteiger partial charge on any atom is 0.139 e. The van der Waals surface area contributed by atoms with Gasteiger partial charge in [0.2, 0.25) is 0 Å². The molecule has 0 amide bonds. The average Bonchev–Trinajstić information content (AvgIpc) is 2.24. The van der Waals surface area contributed by atoms with Gasteiger partial charge in [0.1, 0.15) is 6.29 Å². The quantitative estimate of drug-likeness (QED) is 0.769. The van der Waals surface area contributed by atoms with Gasteiger partial charge in [0.15, 0.2) is 0 Å². The number of hydrogen-bond acceptors (Lipinski definition) is 3. The maximum absolute atomic E-state index is 10.2. The van der Waals surface area contributed by atoms with Crippen LogP contribution in [0.15, 0.2) is 11.8 Å². The molecule has 0 saturated carbocycles. The first-order valence-corrected chi connectivity index (χ1v) is 6.32. The van der Waals surface area contributed by atoms with Crippen LogP contribution in [0.1, 0.15) is 40.5 Å². The molecule has 0 aromatic rings. The number of carbonyl (C=O) groups is 1. The van der Waals surface area contributed by atoms with Crippen molar-refractivity contribution in [3.05, 3.63) is 11.8 Å². The number of carbonyl (C=O) groups excluding carboxylic acids is 1. The van der Waals surface area contributed by atoms with E-state index in [9.17, 15) is 4.79 Å². The zero-order valence-corrected chi connectivity index (χ0v) is 11.9. The predicted molar refractivity (Wildman–Crippen MR) is 71.9 cm³/mol. The van der Waals surface area contributed by atoms with Crippen LogP contribution >= 0.6 is 0 Å². The monoisotopic (exact) mass is 241 g/mol. The van der Waals surface area contributed by atoms with Gasteiger partial charge < -0.3 is 14.8 Å². The van der Waals surface area contributed by atoms with E-state index in [1.54, 1.807) is 7.11 Å². The van der Waals surface area contributed by atoms with E-state index in [1.807, 2.05) is 6.92 Å². The molecule has 0 bridgehead atoms. The Morgan fingerprint density at radius 2 is 2.18 bits per heavy atom. The number of allylic oxidation sites excluding steroid dienone is 2. The third-order valence-corrected chi connectivity index (χ3v) is 2.73. The van der Waals surface area contributed by atoms with E-state index < -0.39 is 0 Å². The Balaban J connectivity index is 0.000000557. The van der Waals surface area contributed by atoms with Crippen LogP contribution in [0.5, 0.6) is 0 Å². The lowest BCUT2D eigenvalue weighted by Crippen LogP contribution is -2.27. The Labute approximate surface area is 106 Å². The molecule has 1 unspecified atom stereocenters. The fourth-order valence-electron chi connectivity index (χ4n) is 2.21. The van der Waals surface area contributed by atoms with Crippen LogP contribution < -0.4 is 5.32 Å². The van der Waals surface area contributed by atoms with Crippen LogP contribution in [0.4, 0.5) is 0 Å². The SMILES string of the molecule is CC1C=C(NCC=O)CC(C)(C)C1.CCOC. The van der Waals surface area contributed by atoms with E-state index in [0.29, 0.717) is 17.9 Å². The maximum atomic E-state index is 10.2. The van der Waals surface area contributed by atoms with Gasteiger partial charge in [-0.15, -0.1) is 0 Å². The lowest BCUT2D eigenvalue weighted by molar-refractivity contribution is -0.107. The lowest BCUT2D eigenvalue weighted by atomic mass is 9.75. The summed E-state index contributed by atoms with van der Waals surface area (Å²) in [6.45, 7) is 10.00. The van der Waals surface area contributed by atoms with E-state index in [0.717, 1.165) is 19.3 Å². The van der Waals surface area contributed by atoms with Gasteiger partial charge in [-0.25, -0.2) is 0 Å². The van der Waals surface area contributed by atoms with Crippen molar-refractivity contribution in [1.29, 1.82) is 0 Å². The van der Waals surface area contributed by atoms with Crippen LogP contribution in [-0.4, -0.2) is 26.5 Å². The minimum Gasteiger partial charge on any atom is -0.385 e. The molecule has 100 valence electrons. The summed E-state index contributed by atoms with van der Waals surface area (Å²) in [6, 6.07) is 0. The molecule has 3 heteroatoms. The van der Waals surface area contributed by atoms with Gasteiger partial charge in [0.05, 0.1) is 6.54 Å². The summed E-state index contributed by atoms with van der Waals surface area (Å²) in [5.41, 5.74) is 1.61. The molecule has 0 spiro atoms. The standard InChI is InChI=1S/C11H19NO.C3H8O/c1-9-6-10(12-4-5-13)8-11(2,3)7-9;1-3-4-2/h5-6,9,12H,4,7-8H2,1-3H3;3H2,1-2H3. The minimum absolute atomic E-state index is 0.374. The number of aldehydes is 1. The molecule has 1 aliphatic carbocycles. The van der Waals surface area contributed by atoms with Gasteiger partial charge >= 0.3 is 0 Å². The van der Waals surface area contributed by atoms with Crippen molar-refractivity contribution in [1.82, 2.24) is 5.32 Å². The molecule has 1 rings (SSSR count). The Morgan fingerprint density at radius 1 is 1.59 bits per heavy atom. The van der Waals surface area contributed by atoms with Crippen LogP contribution in [0, 0.1) is 11.3 Å². The largest absolute Gasteiger partial charge is 0.385 e. The fraction of sp³-hybridized carbons (Fsp3) is 0.786. The first-order chi connectivity index (χ1) is 7.95. The molecular weight excluding hydrogens is 214 g/mol. The van der Waals surface area contributed by atoms with Gasteiger partial charge in [0.25, 0.3) is 0 Å². The molecule has 0 radical (unpaired) electrons. The summed E-state index contributed by atoms with van der Waals surface area (Å²) < 4.78 is 4.54. The van der Waals surface area contributed by atoms with E-state index in [-0.39, 0.29) is 0 Å². The van der Waals surface area contributed by atoms with Crippen molar-refractivity contribution in [3.8, 4) is 0 Å². The zero-order chi connectivity index (χ0) is 13.3. The number of rotatable bonds is 4. The van der Waals surface area contributed by atoms with Crippen LogP contribution in [-0.2, 0) is 9.53 Å². The molecule has 3 nitrogen and oxygen atoms in total. The van der Waals surface area contributed by atoms with Crippen LogP contribution in [0.3, 0.4) is 0 Å². The highest BCUT2D eigenvalue weighted by molar-refractivity contribution is 5.52. The van der Waals surface area contributed by atoms with E-state index in [1.165, 1.54) is 12.1 Å². The second-order valence-electron chi connectivity index (χ2n) is 5.34. The smallest absolute Gasteiger partial charge is 0.139 e. The van der Waals surface area contributed by atoms with Gasteiger partial charge in [-0.3, -0.25) is 0 Å². The first-order valence-electron chi connectivity index (χ1n) is 6.32. The highest BCUT2D eigenvalue weighted by Crippen LogP contribution is 2.36. The van der Waals surface area contributed by atoms with Crippen molar-refractivity contribution < 1.29 is 9.53 Å². The van der Waals surface area contributed by atoms with Crippen molar-refractivity contribution in [2.24, 2.45) is 11.3 Å².